The predicted molar refractivity (Wildman–Crippen MR) is 76.5 cm³/mol. The van der Waals surface area contributed by atoms with Crippen LogP contribution in [0.3, 0.4) is 0 Å². The van der Waals surface area contributed by atoms with E-state index in [1.165, 1.54) is 23.5 Å². The molecule has 90 valence electrons. The van der Waals surface area contributed by atoms with Crippen LogP contribution in [-0.2, 0) is 16.0 Å². The first-order valence-corrected chi connectivity index (χ1v) is 10.6. The number of ether oxygens (including phenoxy) is 1. The number of halogens is 1. The molecular formula is C13H19IO2. The van der Waals surface area contributed by atoms with E-state index in [9.17, 15) is 4.79 Å². The summed E-state index contributed by atoms with van der Waals surface area (Å²) in [6.45, 7) is 0. The molecule has 0 unspecified atom stereocenters. The molecule has 0 aromatic heterocycles. The summed E-state index contributed by atoms with van der Waals surface area (Å²) in [6.07, 6.45) is 2.33. The second-order valence-electron chi connectivity index (χ2n) is 3.71. The van der Waals surface area contributed by atoms with Crippen molar-refractivity contribution in [3.8, 4) is 0 Å². The Morgan fingerprint density at radius 1 is 1.31 bits per heavy atom. The first kappa shape index (κ1) is 13.5. The summed E-state index contributed by atoms with van der Waals surface area (Å²) in [5.74, 6) is -0.0348. The maximum absolute atomic E-state index is 11.1. The number of hydrogen-bond donors (Lipinski definition) is 0. The van der Waals surface area contributed by atoms with E-state index in [-0.39, 0.29) is 5.97 Å². The fourth-order valence-corrected chi connectivity index (χ4v) is 4.89. The van der Waals surface area contributed by atoms with Crippen LogP contribution in [0.1, 0.15) is 12.0 Å². The number of carbonyl (C=O) groups excluding carboxylic acids is 1. The molecule has 1 aromatic carbocycles. The van der Waals surface area contributed by atoms with Crippen LogP contribution >= 0.6 is 19.8 Å². The van der Waals surface area contributed by atoms with Crippen molar-refractivity contribution in [1.29, 1.82) is 0 Å². The van der Waals surface area contributed by atoms with Crippen LogP contribution in [0.15, 0.2) is 30.3 Å². The van der Waals surface area contributed by atoms with Gasteiger partial charge < -0.3 is 0 Å². The van der Waals surface area contributed by atoms with Crippen LogP contribution in [0.5, 0.6) is 0 Å². The van der Waals surface area contributed by atoms with Crippen LogP contribution < -0.4 is 0 Å². The molecule has 0 aliphatic heterocycles. The molecule has 0 heterocycles. The third kappa shape index (κ3) is 5.49. The van der Waals surface area contributed by atoms with Gasteiger partial charge in [0.2, 0.25) is 0 Å². The summed E-state index contributed by atoms with van der Waals surface area (Å²) in [6, 6.07) is 10.5. The Balaban J connectivity index is 2.18. The van der Waals surface area contributed by atoms with Gasteiger partial charge in [-0.05, 0) is 0 Å². The summed E-state index contributed by atoms with van der Waals surface area (Å²) in [5, 5.41) is 0. The Bertz CT molecular complexity index is 311. The number of methoxy groups -OCH3 is 1. The zero-order chi connectivity index (χ0) is 11.8. The SMILES string of the molecule is COC(=O)CI(C)CCCc1ccccc1. The summed E-state index contributed by atoms with van der Waals surface area (Å²) in [4.78, 5) is 13.3. The average Bonchev–Trinajstić information content (AvgIpc) is 2.30. The molecule has 0 spiro atoms. The Morgan fingerprint density at radius 2 is 2.00 bits per heavy atom. The molecule has 0 fully saturated rings. The van der Waals surface area contributed by atoms with Gasteiger partial charge in [-0.2, -0.15) is 0 Å². The van der Waals surface area contributed by atoms with Crippen LogP contribution in [0.25, 0.3) is 0 Å². The van der Waals surface area contributed by atoms with Gasteiger partial charge in [0.15, 0.2) is 0 Å². The van der Waals surface area contributed by atoms with Crippen LogP contribution in [0.2, 0.25) is 0 Å². The van der Waals surface area contributed by atoms with Gasteiger partial charge in [0, 0.05) is 0 Å². The van der Waals surface area contributed by atoms with Gasteiger partial charge in [0.1, 0.15) is 0 Å². The molecule has 2 nitrogen and oxygen atoms in total. The van der Waals surface area contributed by atoms with Gasteiger partial charge in [0.25, 0.3) is 0 Å². The summed E-state index contributed by atoms with van der Waals surface area (Å²) in [7, 11) is 1.47. The molecule has 0 saturated heterocycles. The third-order valence-corrected chi connectivity index (χ3v) is 6.86. The average molecular weight is 334 g/mol. The van der Waals surface area contributed by atoms with E-state index in [1.54, 1.807) is 0 Å². The molecule has 0 atom stereocenters. The second-order valence-corrected chi connectivity index (χ2v) is 9.68. The van der Waals surface area contributed by atoms with E-state index in [0.29, 0.717) is 4.43 Å². The number of alkyl halides is 3. The molecule has 0 radical (unpaired) electrons. The van der Waals surface area contributed by atoms with Crippen molar-refractivity contribution in [1.82, 2.24) is 0 Å². The third-order valence-electron chi connectivity index (χ3n) is 2.33. The fraction of sp³-hybridized carbons (Fsp3) is 0.462. The van der Waals surface area contributed by atoms with E-state index in [0.717, 1.165) is 6.42 Å². The van der Waals surface area contributed by atoms with E-state index >= 15 is 0 Å². The molecule has 0 bridgehead atoms. The van der Waals surface area contributed by atoms with Crippen LogP contribution in [0, 0.1) is 0 Å². The van der Waals surface area contributed by atoms with Gasteiger partial charge in [0.05, 0.1) is 0 Å². The molecule has 1 aromatic rings. The Labute approximate surface area is 105 Å². The van der Waals surface area contributed by atoms with Crippen molar-refractivity contribution in [2.75, 3.05) is 20.9 Å². The maximum atomic E-state index is 11.1. The van der Waals surface area contributed by atoms with Crippen molar-refractivity contribution in [3.05, 3.63) is 35.9 Å². The number of benzene rings is 1. The molecule has 0 saturated carbocycles. The number of carbonyl (C=O) groups is 1. The van der Waals surface area contributed by atoms with Crippen molar-refractivity contribution in [2.24, 2.45) is 0 Å². The van der Waals surface area contributed by atoms with E-state index in [4.69, 9.17) is 0 Å². The first-order chi connectivity index (χ1) is 7.72. The van der Waals surface area contributed by atoms with E-state index in [1.807, 2.05) is 6.07 Å². The number of rotatable bonds is 6. The van der Waals surface area contributed by atoms with E-state index in [2.05, 4.69) is 33.9 Å². The molecule has 0 aliphatic carbocycles. The first-order valence-electron chi connectivity index (χ1n) is 5.35. The normalized spacial score (nSPS) is 11.0. The molecule has 0 amide bonds. The van der Waals surface area contributed by atoms with Crippen LogP contribution in [-0.4, -0.2) is 26.9 Å². The van der Waals surface area contributed by atoms with Gasteiger partial charge in [-0.25, -0.2) is 0 Å². The second kappa shape index (κ2) is 7.65. The minimum atomic E-state index is -1.06. The van der Waals surface area contributed by atoms with Gasteiger partial charge >= 0.3 is 105 Å². The van der Waals surface area contributed by atoms with Crippen molar-refractivity contribution in [2.45, 2.75) is 12.8 Å². The molecule has 3 heteroatoms. The van der Waals surface area contributed by atoms with E-state index < -0.39 is 19.8 Å². The quantitative estimate of drug-likeness (QED) is 0.454. The summed E-state index contributed by atoms with van der Waals surface area (Å²) in [5.41, 5.74) is 1.39. The standard InChI is InChI=1S/C13H19IO2/c1-14(11-13(15)16-2)10-6-9-12-7-4-3-5-8-12/h3-5,7-8H,6,9-11H2,1-2H3. The Kier molecular flexibility index (Phi) is 6.45. The number of aryl methyl sites for hydroxylation is 1. The van der Waals surface area contributed by atoms with Gasteiger partial charge in [-0.1, -0.05) is 0 Å². The molecule has 1 rings (SSSR count). The molecule has 0 N–H and O–H groups in total. The predicted octanol–water partition coefficient (Wildman–Crippen LogP) is 2.93. The van der Waals surface area contributed by atoms with Crippen molar-refractivity contribution in [3.63, 3.8) is 0 Å². The fourth-order valence-electron chi connectivity index (χ4n) is 1.45. The minimum absolute atomic E-state index is 0.0348. The molecule has 16 heavy (non-hydrogen) atoms. The topological polar surface area (TPSA) is 26.3 Å². The zero-order valence-electron chi connectivity index (χ0n) is 9.91. The van der Waals surface area contributed by atoms with Crippen LogP contribution in [0.4, 0.5) is 0 Å². The Morgan fingerprint density at radius 3 is 2.62 bits per heavy atom. The molecule has 0 aliphatic rings. The molecular weight excluding hydrogens is 315 g/mol. The zero-order valence-corrected chi connectivity index (χ0v) is 12.1. The Hall–Kier alpha value is -0.580. The monoisotopic (exact) mass is 334 g/mol. The van der Waals surface area contributed by atoms with Crippen molar-refractivity contribution < 1.29 is 9.53 Å². The summed E-state index contributed by atoms with van der Waals surface area (Å²) < 4.78 is 6.61. The summed E-state index contributed by atoms with van der Waals surface area (Å²) >= 11 is -1.06. The van der Waals surface area contributed by atoms with Gasteiger partial charge in [-0.3, -0.25) is 0 Å². The number of hydrogen-bond acceptors (Lipinski definition) is 2. The van der Waals surface area contributed by atoms with Crippen molar-refractivity contribution >= 4 is 25.8 Å². The number of esters is 1. The van der Waals surface area contributed by atoms with Gasteiger partial charge in [-0.15, -0.1) is 0 Å².